The number of carbonyl (C=O) groups excluding carboxylic acids is 4. The fraction of sp³-hybridized carbons (Fsp3) is 0.385. The number of amides is 4. The lowest BCUT2D eigenvalue weighted by atomic mass is 9.89. The first-order valence-electron chi connectivity index (χ1n) is 23.0. The Morgan fingerprint density at radius 2 is 0.957 bits per heavy atom. The molecule has 2 heterocycles. The average Bonchev–Trinajstić information content (AvgIpc) is 3.32. The van der Waals surface area contributed by atoms with Gasteiger partial charge in [-0.15, -0.1) is 0 Å². The third-order valence-corrected chi connectivity index (χ3v) is 13.9. The highest BCUT2D eigenvalue weighted by molar-refractivity contribution is 7.99. The first-order valence-corrected chi connectivity index (χ1v) is 23.8. The molecule has 0 radical (unpaired) electrons. The normalized spacial score (nSPS) is 17.0. The van der Waals surface area contributed by atoms with E-state index in [1.807, 2.05) is 75.9 Å². The van der Waals surface area contributed by atoms with Gasteiger partial charge in [0.2, 0.25) is 23.6 Å². The Balaban J connectivity index is 1.48. The Labute approximate surface area is 408 Å². The van der Waals surface area contributed by atoms with Crippen LogP contribution in [0.4, 0.5) is 11.4 Å². The van der Waals surface area contributed by atoms with E-state index in [4.69, 9.17) is 0 Å². The summed E-state index contributed by atoms with van der Waals surface area (Å²) in [5.41, 5.74) is 3.53. The van der Waals surface area contributed by atoms with E-state index >= 15 is 0 Å². The highest BCUT2D eigenvalue weighted by atomic mass is 32.2. The summed E-state index contributed by atoms with van der Waals surface area (Å²) in [7, 11) is 10.4. The summed E-state index contributed by atoms with van der Waals surface area (Å²) in [6.45, 7) is 10.0. The van der Waals surface area contributed by atoms with Gasteiger partial charge in [-0.05, 0) is 83.6 Å². The van der Waals surface area contributed by atoms with Crippen LogP contribution in [-0.2, 0) is 19.2 Å². The zero-order valence-electron chi connectivity index (χ0n) is 41.0. The van der Waals surface area contributed by atoms with Crippen LogP contribution >= 0.6 is 11.8 Å². The molecule has 17 heteroatoms. The maximum atomic E-state index is 13.8. The van der Waals surface area contributed by atoms with Crippen LogP contribution in [0.1, 0.15) is 61.8 Å². The Hall–Kier alpha value is -6.69. The number of hydrogen-bond donors (Lipinski definition) is 0. The van der Waals surface area contributed by atoms with Gasteiger partial charge >= 0.3 is 0 Å². The Bertz CT molecular complexity index is 2520. The van der Waals surface area contributed by atoms with Crippen molar-refractivity contribution in [2.24, 2.45) is 0 Å². The largest absolute Gasteiger partial charge is 0.347 e. The van der Waals surface area contributed by atoms with E-state index in [0.717, 1.165) is 22.9 Å². The number of benzene rings is 4. The van der Waals surface area contributed by atoms with E-state index in [1.54, 1.807) is 98.7 Å². The molecule has 6 rings (SSSR count). The lowest BCUT2D eigenvalue weighted by Gasteiger charge is -2.39. The lowest BCUT2D eigenvalue weighted by molar-refractivity contribution is -0.387. The van der Waals surface area contributed by atoms with Gasteiger partial charge in [0, 0.05) is 79.6 Å². The van der Waals surface area contributed by atoms with Crippen LogP contribution in [0.2, 0.25) is 0 Å². The van der Waals surface area contributed by atoms with Crippen molar-refractivity contribution in [2.75, 3.05) is 81.6 Å². The number of nitro benzene ring substituents is 2. The fourth-order valence-corrected chi connectivity index (χ4v) is 9.99. The summed E-state index contributed by atoms with van der Waals surface area (Å²) in [4.78, 5) is 89.9. The minimum atomic E-state index is -0.524. The van der Waals surface area contributed by atoms with E-state index in [9.17, 15) is 39.4 Å². The summed E-state index contributed by atoms with van der Waals surface area (Å²) >= 11 is 0.903. The molecule has 2 aliphatic rings. The molecule has 4 aromatic rings. The minimum Gasteiger partial charge on any atom is -0.347 e. The number of nitro groups is 2. The monoisotopic (exact) mass is 958 g/mol. The predicted molar refractivity (Wildman–Crippen MR) is 271 cm³/mol. The number of hydrogen-bond acceptors (Lipinski definition) is 11. The topological polar surface area (TPSA) is 174 Å². The van der Waals surface area contributed by atoms with E-state index in [2.05, 4.69) is 0 Å². The second kappa shape index (κ2) is 22.2. The summed E-state index contributed by atoms with van der Waals surface area (Å²) in [6, 6.07) is 20.2. The molecule has 0 bridgehead atoms. The third kappa shape index (κ3) is 11.4. The molecule has 16 nitrogen and oxygen atoms in total. The number of piperazine rings is 2. The molecule has 2 aliphatic heterocycles. The van der Waals surface area contributed by atoms with Gasteiger partial charge in [0.1, 0.15) is 12.1 Å². The molecule has 0 spiro atoms. The SMILES string of the molecule is CC(C)c1ccccc1-c1c(/C=C/C(=O)N2CCN(C)C(C(=O)N(C)C)C2)ccc(Sc2ccc(/C=C/C(=O)N3CCN(C)C(C(=O)N(C)C)C3)c(-c3ccccc3C(C)C)c2[N+](=O)[O-])c1[N+](=O)[O-]. The van der Waals surface area contributed by atoms with Gasteiger partial charge in [-0.1, -0.05) is 100 Å². The molecule has 0 N–H and O–H groups in total. The van der Waals surface area contributed by atoms with Crippen molar-refractivity contribution in [1.82, 2.24) is 29.4 Å². The fourth-order valence-electron chi connectivity index (χ4n) is 8.93. The quantitative estimate of drug-likeness (QED) is 0.0688. The van der Waals surface area contributed by atoms with E-state index < -0.39 is 21.9 Å². The van der Waals surface area contributed by atoms with Crippen LogP contribution in [0.5, 0.6) is 0 Å². The Morgan fingerprint density at radius 3 is 1.29 bits per heavy atom. The van der Waals surface area contributed by atoms with Crippen molar-refractivity contribution in [2.45, 2.75) is 61.4 Å². The molecule has 0 aromatic heterocycles. The zero-order valence-corrected chi connectivity index (χ0v) is 41.9. The number of carbonyl (C=O) groups is 4. The van der Waals surface area contributed by atoms with Crippen LogP contribution in [-0.4, -0.2) is 157 Å². The summed E-state index contributed by atoms with van der Waals surface area (Å²) in [5, 5.41) is 27.1. The van der Waals surface area contributed by atoms with Crippen molar-refractivity contribution in [3.63, 3.8) is 0 Å². The zero-order chi connectivity index (χ0) is 50.4. The van der Waals surface area contributed by atoms with Gasteiger partial charge in [0.05, 0.1) is 30.8 Å². The van der Waals surface area contributed by atoms with Crippen molar-refractivity contribution >= 4 is 58.9 Å². The summed E-state index contributed by atoms with van der Waals surface area (Å²) < 4.78 is 0. The Kier molecular flexibility index (Phi) is 16.6. The van der Waals surface area contributed by atoms with E-state index in [1.165, 1.54) is 22.0 Å². The maximum absolute atomic E-state index is 13.8. The molecule has 0 aliphatic carbocycles. The van der Waals surface area contributed by atoms with Gasteiger partial charge in [-0.3, -0.25) is 49.2 Å². The lowest BCUT2D eigenvalue weighted by Crippen LogP contribution is -2.58. The molecule has 2 unspecified atom stereocenters. The highest BCUT2D eigenvalue weighted by Gasteiger charge is 2.35. The first kappa shape index (κ1) is 51.7. The smallest absolute Gasteiger partial charge is 0.291 e. The van der Waals surface area contributed by atoms with Gasteiger partial charge < -0.3 is 19.6 Å². The maximum Gasteiger partial charge on any atom is 0.291 e. The average molecular weight is 959 g/mol. The van der Waals surface area contributed by atoms with Crippen LogP contribution in [0.25, 0.3) is 34.4 Å². The van der Waals surface area contributed by atoms with Crippen molar-refractivity contribution < 1.29 is 29.0 Å². The Morgan fingerprint density at radius 1 is 0.594 bits per heavy atom. The predicted octanol–water partition coefficient (Wildman–Crippen LogP) is 7.72. The number of nitrogens with zero attached hydrogens (tertiary/aromatic N) is 8. The summed E-state index contributed by atoms with van der Waals surface area (Å²) in [6.07, 6.45) is 5.88. The van der Waals surface area contributed by atoms with Gasteiger partial charge in [0.15, 0.2) is 0 Å². The van der Waals surface area contributed by atoms with Crippen molar-refractivity contribution in [1.29, 1.82) is 0 Å². The molecule has 364 valence electrons. The van der Waals surface area contributed by atoms with Crippen LogP contribution in [0.15, 0.2) is 94.7 Å². The first-order chi connectivity index (χ1) is 32.7. The van der Waals surface area contributed by atoms with E-state index in [-0.39, 0.29) is 80.8 Å². The minimum absolute atomic E-state index is 0.0533. The molecule has 69 heavy (non-hydrogen) atoms. The molecule has 0 saturated carbocycles. The molecule has 4 aromatic carbocycles. The number of rotatable bonds is 14. The van der Waals surface area contributed by atoms with Gasteiger partial charge in [0.25, 0.3) is 11.4 Å². The summed E-state index contributed by atoms with van der Waals surface area (Å²) in [5.74, 6) is -1.05. The standard InChI is InChI=1S/C52H62N8O8S/c1-33(2)37-15-11-13-17-39(37)47-35(21-25-45(61)57-29-27-55(9)41(31-57)51(63)53(5)6)19-23-43(49(47)59(65)66)69-44-24-20-36(48(50(44)60(67)68)40-18-14-12-16-38(40)34(3)4)22-26-46(62)58-30-28-56(10)42(32-58)52(64)54(7)8/h11-26,33-34,41-42H,27-32H2,1-10H3/b25-21+,26-22+. The van der Waals surface area contributed by atoms with Gasteiger partial charge in [-0.2, -0.15) is 0 Å². The highest BCUT2D eigenvalue weighted by Crippen LogP contribution is 2.50. The molecule has 2 fully saturated rings. The molecule has 2 atom stereocenters. The van der Waals surface area contributed by atoms with Crippen LogP contribution in [0.3, 0.4) is 0 Å². The molecule has 4 amide bonds. The van der Waals surface area contributed by atoms with Gasteiger partial charge in [-0.25, -0.2) is 0 Å². The van der Waals surface area contributed by atoms with E-state index in [0.29, 0.717) is 48.4 Å². The number of likely N-dealkylation sites (N-methyl/N-ethyl adjacent to an activating group) is 4. The second-order valence-corrected chi connectivity index (χ2v) is 19.6. The molecular weight excluding hydrogens is 897 g/mol. The molecule has 2 saturated heterocycles. The third-order valence-electron chi connectivity index (χ3n) is 12.8. The van der Waals surface area contributed by atoms with Crippen LogP contribution in [0, 0.1) is 20.2 Å². The van der Waals surface area contributed by atoms with Crippen molar-refractivity contribution in [3.8, 4) is 22.3 Å². The van der Waals surface area contributed by atoms with Crippen LogP contribution < -0.4 is 0 Å². The van der Waals surface area contributed by atoms with Crippen molar-refractivity contribution in [3.05, 3.63) is 127 Å². The second-order valence-electron chi connectivity index (χ2n) is 18.5. The molecular formula is C52H62N8O8S.